The number of hydrogen-bond donors (Lipinski definition) is 2. The summed E-state index contributed by atoms with van der Waals surface area (Å²) < 4.78 is 6.93. The molecule has 2 aromatic heterocycles. The van der Waals surface area contributed by atoms with E-state index in [2.05, 4.69) is 25.7 Å². The quantitative estimate of drug-likeness (QED) is 0.661. The molecule has 0 bridgehead atoms. The molecule has 1 atom stereocenters. The fraction of sp³-hybridized carbons (Fsp3) is 0.250. The summed E-state index contributed by atoms with van der Waals surface area (Å²) in [5.41, 5.74) is 1.88. The maximum atomic E-state index is 12.5. The number of rotatable bonds is 6. The van der Waals surface area contributed by atoms with Crippen LogP contribution >= 0.6 is 0 Å². The molecule has 0 saturated carbocycles. The molecular weight excluding hydrogens is 372 g/mol. The van der Waals surface area contributed by atoms with E-state index >= 15 is 0 Å². The smallest absolute Gasteiger partial charge is 0.253 e. The van der Waals surface area contributed by atoms with Crippen LogP contribution in [0.4, 0.5) is 5.69 Å². The second-order valence-electron chi connectivity index (χ2n) is 6.62. The molecule has 0 unspecified atom stereocenters. The normalized spacial score (nSPS) is 15.8. The second kappa shape index (κ2) is 8.61. The largest absolute Gasteiger partial charge is 0.368 e. The van der Waals surface area contributed by atoms with Crippen LogP contribution in [-0.2, 0) is 16.1 Å². The van der Waals surface area contributed by atoms with Crippen LogP contribution in [0.1, 0.15) is 28.8 Å². The molecule has 2 N–H and O–H groups in total. The Kier molecular flexibility index (Phi) is 5.57. The van der Waals surface area contributed by atoms with Crippen molar-refractivity contribution in [1.29, 1.82) is 0 Å². The van der Waals surface area contributed by atoms with Crippen LogP contribution in [0.5, 0.6) is 0 Å². The van der Waals surface area contributed by atoms with Gasteiger partial charge in [-0.3, -0.25) is 9.59 Å². The van der Waals surface area contributed by atoms with Gasteiger partial charge in [0.05, 0.1) is 0 Å². The van der Waals surface area contributed by atoms with Crippen molar-refractivity contribution in [3.63, 3.8) is 0 Å². The van der Waals surface area contributed by atoms with Crippen molar-refractivity contribution in [2.24, 2.45) is 0 Å². The van der Waals surface area contributed by atoms with E-state index in [0.29, 0.717) is 30.2 Å². The van der Waals surface area contributed by atoms with Crippen molar-refractivity contribution >= 4 is 17.5 Å². The van der Waals surface area contributed by atoms with Gasteiger partial charge in [0, 0.05) is 30.6 Å². The average molecular weight is 392 g/mol. The summed E-state index contributed by atoms with van der Waals surface area (Å²) in [7, 11) is 0. The summed E-state index contributed by atoms with van der Waals surface area (Å²) >= 11 is 0. The van der Waals surface area contributed by atoms with E-state index in [4.69, 9.17) is 4.74 Å². The maximum absolute atomic E-state index is 12.5. The Balaban J connectivity index is 1.34. The molecular formula is C20H20N6O3. The number of anilines is 1. The molecule has 1 aromatic carbocycles. The topological polar surface area (TPSA) is 111 Å². The molecule has 0 spiro atoms. The first kappa shape index (κ1) is 18.8. The summed E-state index contributed by atoms with van der Waals surface area (Å²) in [5, 5.41) is 9.68. The van der Waals surface area contributed by atoms with Gasteiger partial charge in [-0.05, 0) is 42.7 Å². The van der Waals surface area contributed by atoms with Crippen LogP contribution in [0, 0.1) is 0 Å². The fourth-order valence-electron chi connectivity index (χ4n) is 3.01. The number of hydrogen-bond acceptors (Lipinski definition) is 6. The van der Waals surface area contributed by atoms with Crippen LogP contribution in [0.15, 0.2) is 55.2 Å². The van der Waals surface area contributed by atoms with Crippen molar-refractivity contribution in [3.8, 4) is 5.82 Å². The number of nitrogens with one attached hydrogen (secondary N) is 2. The molecule has 1 saturated heterocycles. The third kappa shape index (κ3) is 4.64. The lowest BCUT2D eigenvalue weighted by atomic mass is 10.1. The van der Waals surface area contributed by atoms with E-state index in [1.54, 1.807) is 47.5 Å². The minimum atomic E-state index is -0.416. The Morgan fingerprint density at radius 1 is 1.24 bits per heavy atom. The zero-order valence-electron chi connectivity index (χ0n) is 15.6. The Morgan fingerprint density at radius 2 is 2.17 bits per heavy atom. The van der Waals surface area contributed by atoms with E-state index in [9.17, 15) is 9.59 Å². The van der Waals surface area contributed by atoms with Gasteiger partial charge in [-0.25, -0.2) is 14.6 Å². The fourth-order valence-corrected chi connectivity index (χ4v) is 3.01. The summed E-state index contributed by atoms with van der Waals surface area (Å²) in [6.07, 6.45) is 5.86. The van der Waals surface area contributed by atoms with Crippen LogP contribution < -0.4 is 10.6 Å². The maximum Gasteiger partial charge on any atom is 0.253 e. The lowest BCUT2D eigenvalue weighted by molar-refractivity contribution is -0.124. The van der Waals surface area contributed by atoms with E-state index in [1.165, 1.54) is 6.33 Å². The highest BCUT2D eigenvalue weighted by atomic mass is 16.5. The zero-order valence-corrected chi connectivity index (χ0v) is 15.6. The number of carbonyl (C=O) groups excluding carboxylic acids is 2. The van der Waals surface area contributed by atoms with Gasteiger partial charge in [0.15, 0.2) is 5.82 Å². The number of aromatic nitrogens is 4. The molecule has 1 aliphatic heterocycles. The summed E-state index contributed by atoms with van der Waals surface area (Å²) in [5.74, 6) is 0.226. The number of carbonyl (C=O) groups is 2. The predicted molar refractivity (Wildman–Crippen MR) is 104 cm³/mol. The van der Waals surface area contributed by atoms with Gasteiger partial charge in [-0.15, -0.1) is 0 Å². The lowest BCUT2D eigenvalue weighted by Crippen LogP contribution is -2.27. The standard InChI is InChI=1S/C20H20N6O3/c27-19(23-11-14-6-7-18(22-10-14)26-13-21-12-24-26)15-3-1-4-16(9-15)25-20(28)17-5-2-8-29-17/h1,3-4,6-7,9-10,12-13,17H,2,5,8,11H2,(H,23,27)(H,25,28)/t17-/m1/s1. The highest BCUT2D eigenvalue weighted by Gasteiger charge is 2.23. The first-order valence-corrected chi connectivity index (χ1v) is 9.30. The van der Waals surface area contributed by atoms with Gasteiger partial charge < -0.3 is 15.4 Å². The van der Waals surface area contributed by atoms with Gasteiger partial charge in [-0.1, -0.05) is 12.1 Å². The van der Waals surface area contributed by atoms with E-state index in [1.807, 2.05) is 6.07 Å². The molecule has 0 radical (unpaired) electrons. The SMILES string of the molecule is O=C(NCc1ccc(-n2cncn2)nc1)c1cccc(NC(=O)[C@H]2CCCO2)c1. The van der Waals surface area contributed by atoms with Gasteiger partial charge in [-0.2, -0.15) is 5.10 Å². The van der Waals surface area contributed by atoms with Gasteiger partial charge in [0.1, 0.15) is 18.8 Å². The van der Waals surface area contributed by atoms with Crippen molar-refractivity contribution in [1.82, 2.24) is 25.1 Å². The second-order valence-corrected chi connectivity index (χ2v) is 6.62. The molecule has 3 heterocycles. The molecule has 2 amide bonds. The monoisotopic (exact) mass is 392 g/mol. The van der Waals surface area contributed by atoms with Gasteiger partial charge >= 0.3 is 0 Å². The number of nitrogens with zero attached hydrogens (tertiary/aromatic N) is 4. The Hall–Kier alpha value is -3.59. The summed E-state index contributed by atoms with van der Waals surface area (Å²) in [6, 6.07) is 10.5. The minimum Gasteiger partial charge on any atom is -0.368 e. The van der Waals surface area contributed by atoms with E-state index in [0.717, 1.165) is 18.4 Å². The van der Waals surface area contributed by atoms with Crippen molar-refractivity contribution in [3.05, 3.63) is 66.4 Å². The molecule has 148 valence electrons. The lowest BCUT2D eigenvalue weighted by Gasteiger charge is -2.11. The number of benzene rings is 1. The van der Waals surface area contributed by atoms with E-state index in [-0.39, 0.29) is 11.8 Å². The van der Waals surface area contributed by atoms with E-state index < -0.39 is 6.10 Å². The third-order valence-electron chi connectivity index (χ3n) is 4.53. The molecule has 1 fully saturated rings. The van der Waals surface area contributed by atoms with Crippen molar-refractivity contribution in [2.75, 3.05) is 11.9 Å². The number of amides is 2. The van der Waals surface area contributed by atoms with Crippen LogP contribution in [0.2, 0.25) is 0 Å². The molecule has 9 heteroatoms. The molecule has 9 nitrogen and oxygen atoms in total. The number of pyridine rings is 1. The Labute approximate surface area is 167 Å². The Bertz CT molecular complexity index is 982. The van der Waals surface area contributed by atoms with Gasteiger partial charge in [0.25, 0.3) is 11.8 Å². The zero-order chi connectivity index (χ0) is 20.1. The highest BCUT2D eigenvalue weighted by molar-refractivity contribution is 5.98. The van der Waals surface area contributed by atoms with Crippen LogP contribution in [-0.4, -0.2) is 44.3 Å². The highest BCUT2D eigenvalue weighted by Crippen LogP contribution is 2.16. The summed E-state index contributed by atoms with van der Waals surface area (Å²) in [6.45, 7) is 0.936. The first-order valence-electron chi connectivity index (χ1n) is 9.30. The summed E-state index contributed by atoms with van der Waals surface area (Å²) in [4.78, 5) is 32.8. The van der Waals surface area contributed by atoms with Crippen molar-refractivity contribution < 1.29 is 14.3 Å². The molecule has 4 rings (SSSR count). The molecule has 29 heavy (non-hydrogen) atoms. The number of ether oxygens (including phenoxy) is 1. The molecule has 0 aliphatic carbocycles. The van der Waals surface area contributed by atoms with Crippen molar-refractivity contribution in [2.45, 2.75) is 25.5 Å². The van der Waals surface area contributed by atoms with Crippen LogP contribution in [0.25, 0.3) is 5.82 Å². The first-order chi connectivity index (χ1) is 14.2. The third-order valence-corrected chi connectivity index (χ3v) is 4.53. The van der Waals surface area contributed by atoms with Crippen LogP contribution in [0.3, 0.4) is 0 Å². The minimum absolute atomic E-state index is 0.182. The van der Waals surface area contributed by atoms with Gasteiger partial charge in [0.2, 0.25) is 0 Å². The average Bonchev–Trinajstić information content (AvgIpc) is 3.47. The Morgan fingerprint density at radius 3 is 2.90 bits per heavy atom. The molecule has 3 aromatic rings. The molecule has 1 aliphatic rings. The predicted octanol–water partition coefficient (Wildman–Crippen LogP) is 1.71.